The summed E-state index contributed by atoms with van der Waals surface area (Å²) in [6.07, 6.45) is -9.90. The molecule has 0 radical (unpaired) electrons. The summed E-state index contributed by atoms with van der Waals surface area (Å²) < 4.78 is 83.8. The zero-order valence-corrected chi connectivity index (χ0v) is 13.4. The van der Waals surface area contributed by atoms with Crippen molar-refractivity contribution in [2.24, 2.45) is 0 Å². The second-order valence-electron chi connectivity index (χ2n) is 5.68. The highest BCUT2D eigenvalue weighted by atomic mass is 19.4. The molecule has 142 valence electrons. The largest absolute Gasteiger partial charge is 0.450 e. The Labute approximate surface area is 148 Å². The van der Waals surface area contributed by atoms with Crippen LogP contribution in [0.25, 0.3) is 11.0 Å². The lowest BCUT2D eigenvalue weighted by atomic mass is 10.1. The van der Waals surface area contributed by atoms with Gasteiger partial charge in [-0.25, -0.2) is 0 Å². The molecule has 0 spiro atoms. The summed E-state index contributed by atoms with van der Waals surface area (Å²) in [6, 6.07) is 10.1. The van der Waals surface area contributed by atoms with E-state index in [1.54, 1.807) is 30.3 Å². The Morgan fingerprint density at radius 1 is 0.926 bits per heavy atom. The van der Waals surface area contributed by atoms with Crippen LogP contribution in [0.5, 0.6) is 0 Å². The van der Waals surface area contributed by atoms with Crippen molar-refractivity contribution in [1.29, 1.82) is 0 Å². The first-order valence-electron chi connectivity index (χ1n) is 7.60. The molecular weight excluding hydrogens is 376 g/mol. The third kappa shape index (κ3) is 3.91. The number of alkyl halides is 6. The molecule has 1 N–H and O–H groups in total. The minimum Gasteiger partial charge on any atom is -0.450 e. The summed E-state index contributed by atoms with van der Waals surface area (Å²) in [5.41, 5.74) is -2.62. The van der Waals surface area contributed by atoms with Crippen molar-refractivity contribution in [3.8, 4) is 0 Å². The van der Waals surface area contributed by atoms with Gasteiger partial charge < -0.3 is 9.73 Å². The lowest BCUT2D eigenvalue weighted by Crippen LogP contribution is -2.25. The highest BCUT2D eigenvalue weighted by molar-refractivity contribution is 5.99. The first-order valence-corrected chi connectivity index (χ1v) is 7.60. The van der Waals surface area contributed by atoms with Gasteiger partial charge in [0.25, 0.3) is 5.91 Å². The smallest absolute Gasteiger partial charge is 0.420 e. The number of furan rings is 1. The van der Waals surface area contributed by atoms with Crippen LogP contribution in [0.3, 0.4) is 0 Å². The summed E-state index contributed by atoms with van der Waals surface area (Å²) in [5.74, 6) is -2.25. The molecule has 0 saturated carbocycles. The molecule has 3 nitrogen and oxygen atoms in total. The Morgan fingerprint density at radius 2 is 1.59 bits per heavy atom. The third-order valence-electron chi connectivity index (χ3n) is 3.80. The first kappa shape index (κ1) is 18.8. The average Bonchev–Trinajstić information content (AvgIpc) is 2.99. The van der Waals surface area contributed by atoms with Crippen molar-refractivity contribution in [2.75, 3.05) is 0 Å². The molecule has 0 aliphatic carbocycles. The average molecular weight is 387 g/mol. The molecule has 9 heteroatoms. The van der Waals surface area contributed by atoms with Crippen LogP contribution in [-0.2, 0) is 18.9 Å². The van der Waals surface area contributed by atoms with E-state index < -0.39 is 46.1 Å². The Kier molecular flexibility index (Phi) is 4.63. The van der Waals surface area contributed by atoms with Crippen LogP contribution in [-0.4, -0.2) is 5.91 Å². The molecule has 0 bridgehead atoms. The van der Waals surface area contributed by atoms with Crippen LogP contribution < -0.4 is 5.32 Å². The second-order valence-corrected chi connectivity index (χ2v) is 5.68. The van der Waals surface area contributed by atoms with Crippen LogP contribution in [0.2, 0.25) is 0 Å². The maximum atomic E-state index is 13.4. The van der Waals surface area contributed by atoms with Gasteiger partial charge in [0, 0.05) is 11.9 Å². The predicted molar refractivity (Wildman–Crippen MR) is 83.8 cm³/mol. The van der Waals surface area contributed by atoms with E-state index in [4.69, 9.17) is 4.42 Å². The zero-order chi connectivity index (χ0) is 19.8. The summed E-state index contributed by atoms with van der Waals surface area (Å²) in [4.78, 5) is 12.2. The number of halogens is 6. The molecule has 1 amide bonds. The number of benzene rings is 2. The first-order chi connectivity index (χ1) is 12.6. The van der Waals surface area contributed by atoms with E-state index in [1.807, 2.05) is 0 Å². The fraction of sp³-hybridized carbons (Fsp3) is 0.167. The molecule has 1 heterocycles. The molecule has 2 aromatic carbocycles. The highest BCUT2D eigenvalue weighted by Gasteiger charge is 2.42. The van der Waals surface area contributed by atoms with Crippen LogP contribution in [0.1, 0.15) is 27.2 Å². The second kappa shape index (κ2) is 6.64. The topological polar surface area (TPSA) is 42.2 Å². The Hall–Kier alpha value is -2.97. The fourth-order valence-corrected chi connectivity index (χ4v) is 2.57. The number of nitrogens with one attached hydrogen (secondary N) is 1. The summed E-state index contributed by atoms with van der Waals surface area (Å²) in [6.45, 7) is -0.0676. The van der Waals surface area contributed by atoms with E-state index in [2.05, 4.69) is 5.32 Å². The van der Waals surface area contributed by atoms with Crippen molar-refractivity contribution < 1.29 is 35.6 Å². The number of rotatable bonds is 3. The van der Waals surface area contributed by atoms with E-state index >= 15 is 0 Å². The van der Waals surface area contributed by atoms with E-state index in [0.717, 1.165) is 6.07 Å². The van der Waals surface area contributed by atoms with Crippen LogP contribution in [0.15, 0.2) is 52.9 Å². The standard InChI is InChI=1S/C18H11F6NO2/c19-17(20,21)11-6-7-13-12(8-11)14(18(22,23)24)15(27-13)16(26)25-9-10-4-2-1-3-5-10/h1-8H,9H2,(H,25,26). The van der Waals surface area contributed by atoms with Gasteiger partial charge in [0.2, 0.25) is 5.76 Å². The van der Waals surface area contributed by atoms with E-state index in [0.29, 0.717) is 17.7 Å². The molecule has 0 unspecified atom stereocenters. The highest BCUT2D eigenvalue weighted by Crippen LogP contribution is 2.41. The number of carbonyl (C=O) groups is 1. The molecule has 27 heavy (non-hydrogen) atoms. The predicted octanol–water partition coefficient (Wildman–Crippen LogP) is 5.40. The van der Waals surface area contributed by atoms with Gasteiger partial charge >= 0.3 is 12.4 Å². The Morgan fingerprint density at radius 3 is 2.19 bits per heavy atom. The van der Waals surface area contributed by atoms with Crippen LogP contribution in [0, 0.1) is 0 Å². The number of fused-ring (bicyclic) bond motifs is 1. The van der Waals surface area contributed by atoms with Gasteiger partial charge in [-0.05, 0) is 23.8 Å². The van der Waals surface area contributed by atoms with Crippen LogP contribution in [0.4, 0.5) is 26.3 Å². The minimum atomic E-state index is -5.07. The normalized spacial score (nSPS) is 12.4. The van der Waals surface area contributed by atoms with Crippen molar-refractivity contribution in [3.63, 3.8) is 0 Å². The van der Waals surface area contributed by atoms with Gasteiger partial charge in [-0.15, -0.1) is 0 Å². The quantitative estimate of drug-likeness (QED) is 0.612. The minimum absolute atomic E-state index is 0.0676. The van der Waals surface area contributed by atoms with Gasteiger partial charge in [-0.3, -0.25) is 4.79 Å². The lowest BCUT2D eigenvalue weighted by molar-refractivity contribution is -0.139. The number of carbonyl (C=O) groups excluding carboxylic acids is 1. The van der Waals surface area contributed by atoms with Gasteiger partial charge in [-0.1, -0.05) is 30.3 Å². The molecule has 0 saturated heterocycles. The molecule has 1 aromatic heterocycles. The van der Waals surface area contributed by atoms with Crippen LogP contribution >= 0.6 is 0 Å². The third-order valence-corrected chi connectivity index (χ3v) is 3.80. The molecular formula is C18H11F6NO2. The molecule has 0 aliphatic rings. The number of hydrogen-bond donors (Lipinski definition) is 1. The van der Waals surface area contributed by atoms with E-state index in [9.17, 15) is 31.1 Å². The number of amides is 1. The summed E-state index contributed by atoms with van der Waals surface area (Å²) >= 11 is 0. The van der Waals surface area contributed by atoms with Crippen molar-refractivity contribution >= 4 is 16.9 Å². The SMILES string of the molecule is O=C(NCc1ccccc1)c1oc2ccc(C(F)(F)F)cc2c1C(F)(F)F. The Balaban J connectivity index is 2.02. The van der Waals surface area contributed by atoms with Gasteiger partial charge in [0.15, 0.2) is 0 Å². The molecule has 0 fully saturated rings. The molecule has 0 aliphatic heterocycles. The van der Waals surface area contributed by atoms with E-state index in [1.165, 1.54) is 0 Å². The fourth-order valence-electron chi connectivity index (χ4n) is 2.57. The Bertz CT molecular complexity index is 973. The monoisotopic (exact) mass is 387 g/mol. The van der Waals surface area contributed by atoms with Crippen molar-refractivity contribution in [1.82, 2.24) is 5.32 Å². The van der Waals surface area contributed by atoms with Gasteiger partial charge in [0.05, 0.1) is 5.56 Å². The maximum absolute atomic E-state index is 13.4. The molecule has 3 rings (SSSR count). The van der Waals surface area contributed by atoms with Crippen molar-refractivity contribution in [3.05, 3.63) is 71.0 Å². The van der Waals surface area contributed by atoms with Gasteiger partial charge in [0.1, 0.15) is 11.1 Å². The summed E-state index contributed by atoms with van der Waals surface area (Å²) in [7, 11) is 0. The summed E-state index contributed by atoms with van der Waals surface area (Å²) in [5, 5.41) is 1.46. The maximum Gasteiger partial charge on any atom is 0.420 e. The van der Waals surface area contributed by atoms with Crippen molar-refractivity contribution in [2.45, 2.75) is 18.9 Å². The molecule has 3 aromatic rings. The van der Waals surface area contributed by atoms with Gasteiger partial charge in [-0.2, -0.15) is 26.3 Å². The molecule has 0 atom stereocenters. The zero-order valence-electron chi connectivity index (χ0n) is 13.4. The number of hydrogen-bond acceptors (Lipinski definition) is 2. The van der Waals surface area contributed by atoms with E-state index in [-0.39, 0.29) is 6.54 Å². The lowest BCUT2D eigenvalue weighted by Gasteiger charge is -2.09.